The van der Waals surface area contributed by atoms with Crippen LogP contribution in [-0.4, -0.2) is 62.7 Å². The van der Waals surface area contributed by atoms with Crippen LogP contribution in [0.1, 0.15) is 33.1 Å². The lowest BCUT2D eigenvalue weighted by Gasteiger charge is -2.44. The molecule has 3 unspecified atom stereocenters. The number of nitrogens with one attached hydrogen (secondary N) is 1. The van der Waals surface area contributed by atoms with E-state index in [0.717, 1.165) is 23.8 Å². The highest BCUT2D eigenvalue weighted by Gasteiger charge is 2.34. The summed E-state index contributed by atoms with van der Waals surface area (Å²) >= 11 is 0. The minimum Gasteiger partial charge on any atom is -0.316 e. The first-order valence-electron chi connectivity index (χ1n) is 8.15. The monoisotopic (exact) mass is 267 g/mol. The zero-order valence-electron chi connectivity index (χ0n) is 13.4. The highest BCUT2D eigenvalue weighted by Crippen LogP contribution is 2.32. The van der Waals surface area contributed by atoms with E-state index in [2.05, 4.69) is 43.1 Å². The van der Waals surface area contributed by atoms with Crippen LogP contribution in [0.25, 0.3) is 0 Å². The molecule has 112 valence electrons. The summed E-state index contributed by atoms with van der Waals surface area (Å²) in [7, 11) is 4.60. The lowest BCUT2D eigenvalue weighted by Crippen LogP contribution is -2.50. The molecule has 2 aliphatic rings. The van der Waals surface area contributed by atoms with Crippen LogP contribution in [0, 0.1) is 17.8 Å². The molecular formula is C16H33N3. The topological polar surface area (TPSA) is 18.5 Å². The van der Waals surface area contributed by atoms with Crippen molar-refractivity contribution in [1.82, 2.24) is 15.1 Å². The van der Waals surface area contributed by atoms with Gasteiger partial charge in [0.05, 0.1) is 0 Å². The molecule has 1 heterocycles. The summed E-state index contributed by atoms with van der Waals surface area (Å²) in [5, 5.41) is 3.64. The molecule has 1 aliphatic carbocycles. The van der Waals surface area contributed by atoms with Gasteiger partial charge in [-0.05, 0) is 70.7 Å². The molecule has 3 atom stereocenters. The van der Waals surface area contributed by atoms with Crippen molar-refractivity contribution >= 4 is 0 Å². The van der Waals surface area contributed by atoms with Crippen molar-refractivity contribution in [2.45, 2.75) is 39.2 Å². The molecule has 0 aromatic heterocycles. The van der Waals surface area contributed by atoms with E-state index in [1.807, 2.05) is 0 Å². The molecule has 1 aliphatic heterocycles. The Balaban J connectivity index is 1.66. The van der Waals surface area contributed by atoms with Crippen molar-refractivity contribution in [3.05, 3.63) is 0 Å². The van der Waals surface area contributed by atoms with Crippen LogP contribution < -0.4 is 5.32 Å². The SMILES string of the molecule is CC(C)CNCC1CCC1N(C)CC1CCN(C)C1. The second-order valence-corrected chi connectivity index (χ2v) is 7.31. The van der Waals surface area contributed by atoms with Crippen molar-refractivity contribution in [2.75, 3.05) is 46.8 Å². The summed E-state index contributed by atoms with van der Waals surface area (Å²) in [4.78, 5) is 5.12. The van der Waals surface area contributed by atoms with E-state index in [1.54, 1.807) is 0 Å². The quantitative estimate of drug-likeness (QED) is 0.760. The summed E-state index contributed by atoms with van der Waals surface area (Å²) < 4.78 is 0. The van der Waals surface area contributed by atoms with E-state index in [4.69, 9.17) is 0 Å². The van der Waals surface area contributed by atoms with Gasteiger partial charge in [-0.25, -0.2) is 0 Å². The third-order valence-electron chi connectivity index (χ3n) is 4.94. The van der Waals surface area contributed by atoms with Crippen molar-refractivity contribution in [3.63, 3.8) is 0 Å². The molecule has 0 bridgehead atoms. The molecule has 0 radical (unpaired) electrons. The Bertz CT molecular complexity index is 267. The normalized spacial score (nSPS) is 32.2. The molecular weight excluding hydrogens is 234 g/mol. The van der Waals surface area contributed by atoms with Gasteiger partial charge in [-0.2, -0.15) is 0 Å². The van der Waals surface area contributed by atoms with Crippen LogP contribution in [0.2, 0.25) is 0 Å². The van der Waals surface area contributed by atoms with Gasteiger partial charge >= 0.3 is 0 Å². The summed E-state index contributed by atoms with van der Waals surface area (Å²) in [6.45, 7) is 10.9. The van der Waals surface area contributed by atoms with Crippen molar-refractivity contribution in [1.29, 1.82) is 0 Å². The van der Waals surface area contributed by atoms with Crippen LogP contribution in [0.3, 0.4) is 0 Å². The third kappa shape index (κ3) is 4.44. The maximum Gasteiger partial charge on any atom is 0.0133 e. The summed E-state index contributed by atoms with van der Waals surface area (Å²) in [6.07, 6.45) is 4.22. The molecule has 19 heavy (non-hydrogen) atoms. The molecule has 2 rings (SSSR count). The van der Waals surface area contributed by atoms with Crippen molar-refractivity contribution < 1.29 is 0 Å². The number of likely N-dealkylation sites (tertiary alicyclic amines) is 1. The molecule has 3 heteroatoms. The number of hydrogen-bond donors (Lipinski definition) is 1. The molecule has 1 saturated carbocycles. The van der Waals surface area contributed by atoms with Crippen LogP contribution >= 0.6 is 0 Å². The molecule has 0 aromatic carbocycles. The van der Waals surface area contributed by atoms with Gasteiger partial charge < -0.3 is 15.1 Å². The number of hydrogen-bond acceptors (Lipinski definition) is 3. The van der Waals surface area contributed by atoms with Gasteiger partial charge in [0.1, 0.15) is 0 Å². The molecule has 0 amide bonds. The minimum atomic E-state index is 0.769. The van der Waals surface area contributed by atoms with Crippen molar-refractivity contribution in [2.24, 2.45) is 17.8 Å². The first-order chi connectivity index (χ1) is 9.06. The zero-order chi connectivity index (χ0) is 13.8. The van der Waals surface area contributed by atoms with Gasteiger partial charge in [-0.1, -0.05) is 13.8 Å². The van der Waals surface area contributed by atoms with Gasteiger partial charge in [-0.15, -0.1) is 0 Å². The fourth-order valence-electron chi connectivity index (χ4n) is 3.65. The maximum atomic E-state index is 3.64. The second-order valence-electron chi connectivity index (χ2n) is 7.31. The smallest absolute Gasteiger partial charge is 0.0133 e. The lowest BCUT2D eigenvalue weighted by molar-refractivity contribution is 0.0715. The molecule has 2 fully saturated rings. The highest BCUT2D eigenvalue weighted by atomic mass is 15.2. The fraction of sp³-hybridized carbons (Fsp3) is 1.00. The van der Waals surface area contributed by atoms with E-state index in [0.29, 0.717) is 0 Å². The fourth-order valence-corrected chi connectivity index (χ4v) is 3.65. The van der Waals surface area contributed by atoms with Crippen molar-refractivity contribution in [3.8, 4) is 0 Å². The molecule has 0 aromatic rings. The Morgan fingerprint density at radius 1 is 1.26 bits per heavy atom. The Morgan fingerprint density at radius 3 is 2.58 bits per heavy atom. The van der Waals surface area contributed by atoms with E-state index in [9.17, 15) is 0 Å². The first-order valence-corrected chi connectivity index (χ1v) is 8.15. The summed E-state index contributed by atoms with van der Waals surface area (Å²) in [6, 6.07) is 0.838. The number of rotatable bonds is 7. The Kier molecular flexibility index (Phi) is 5.67. The lowest BCUT2D eigenvalue weighted by atomic mass is 9.78. The molecule has 1 N–H and O–H groups in total. The second kappa shape index (κ2) is 7.05. The van der Waals surface area contributed by atoms with Crippen LogP contribution in [0.15, 0.2) is 0 Å². The summed E-state index contributed by atoms with van der Waals surface area (Å²) in [5.74, 6) is 2.56. The number of nitrogens with zero attached hydrogens (tertiary/aromatic N) is 2. The van der Waals surface area contributed by atoms with E-state index >= 15 is 0 Å². The molecule has 3 nitrogen and oxygen atoms in total. The highest BCUT2D eigenvalue weighted by molar-refractivity contribution is 4.90. The Hall–Kier alpha value is -0.120. The molecule has 1 saturated heterocycles. The average molecular weight is 267 g/mol. The predicted octanol–water partition coefficient (Wildman–Crippen LogP) is 1.89. The van der Waals surface area contributed by atoms with Gasteiger partial charge in [-0.3, -0.25) is 0 Å². The molecule has 0 spiro atoms. The largest absolute Gasteiger partial charge is 0.316 e. The van der Waals surface area contributed by atoms with Gasteiger partial charge in [0.25, 0.3) is 0 Å². The van der Waals surface area contributed by atoms with Gasteiger partial charge in [0.15, 0.2) is 0 Å². The van der Waals surface area contributed by atoms with Crippen LogP contribution in [0.4, 0.5) is 0 Å². The van der Waals surface area contributed by atoms with Crippen LogP contribution in [0.5, 0.6) is 0 Å². The Morgan fingerprint density at radius 2 is 2.05 bits per heavy atom. The van der Waals surface area contributed by atoms with Gasteiger partial charge in [0.2, 0.25) is 0 Å². The van der Waals surface area contributed by atoms with E-state index in [-0.39, 0.29) is 0 Å². The first kappa shape index (κ1) is 15.3. The standard InChI is InChI=1S/C16H33N3/c1-13(2)9-17-10-15-5-6-16(15)19(4)12-14-7-8-18(3)11-14/h13-17H,5-12H2,1-4H3. The third-order valence-corrected chi connectivity index (χ3v) is 4.94. The maximum absolute atomic E-state index is 3.64. The zero-order valence-corrected chi connectivity index (χ0v) is 13.4. The summed E-state index contributed by atoms with van der Waals surface area (Å²) in [5.41, 5.74) is 0. The minimum absolute atomic E-state index is 0.769. The van der Waals surface area contributed by atoms with E-state index in [1.165, 1.54) is 52.0 Å². The van der Waals surface area contributed by atoms with Gasteiger partial charge in [0, 0.05) is 19.1 Å². The Labute approximate surface area is 119 Å². The predicted molar refractivity (Wildman–Crippen MR) is 82.5 cm³/mol. The van der Waals surface area contributed by atoms with Crippen LogP contribution in [-0.2, 0) is 0 Å². The average Bonchev–Trinajstić information content (AvgIpc) is 2.68. The van der Waals surface area contributed by atoms with E-state index < -0.39 is 0 Å².